The normalized spacial score (nSPS) is 16.3. The highest BCUT2D eigenvalue weighted by atomic mass is 127. The Morgan fingerprint density at radius 2 is 1.65 bits per heavy atom. The summed E-state index contributed by atoms with van der Waals surface area (Å²) in [5.41, 5.74) is 0.778. The standard InChI is InChI=1S/C18H20IN3O3S/c19-15-6-8-16(9-7-15)20-18(23)14-21-10-12-22(13-11-21)26(24,25)17-4-2-1-3-5-17/h1-9H,10-14H2,(H,20,23)/p+1. The SMILES string of the molecule is O=C(C[NH+]1CCN(S(=O)(=O)c2ccccc2)CC1)Nc1ccc(I)cc1. The van der Waals surface area contributed by atoms with E-state index in [0.29, 0.717) is 37.6 Å². The molecule has 2 aromatic rings. The van der Waals surface area contributed by atoms with E-state index in [0.717, 1.165) is 14.2 Å². The molecule has 138 valence electrons. The van der Waals surface area contributed by atoms with Crippen LogP contribution < -0.4 is 10.2 Å². The summed E-state index contributed by atoms with van der Waals surface area (Å²) in [6.07, 6.45) is 0. The number of nitrogens with one attached hydrogen (secondary N) is 2. The van der Waals surface area contributed by atoms with Gasteiger partial charge in [0.15, 0.2) is 6.54 Å². The van der Waals surface area contributed by atoms with Gasteiger partial charge in [-0.05, 0) is 59.0 Å². The van der Waals surface area contributed by atoms with Crippen molar-refractivity contribution in [2.75, 3.05) is 38.0 Å². The number of rotatable bonds is 5. The van der Waals surface area contributed by atoms with Crippen molar-refractivity contribution in [2.45, 2.75) is 4.90 Å². The quantitative estimate of drug-likeness (QED) is 0.616. The average molecular weight is 486 g/mol. The van der Waals surface area contributed by atoms with Crippen molar-refractivity contribution in [3.05, 3.63) is 58.2 Å². The molecule has 6 nitrogen and oxygen atoms in total. The van der Waals surface area contributed by atoms with E-state index in [1.54, 1.807) is 30.3 Å². The molecule has 2 N–H and O–H groups in total. The number of hydrogen-bond donors (Lipinski definition) is 2. The van der Waals surface area contributed by atoms with Crippen molar-refractivity contribution in [1.29, 1.82) is 0 Å². The minimum atomic E-state index is -3.45. The highest BCUT2D eigenvalue weighted by Crippen LogP contribution is 2.14. The lowest BCUT2D eigenvalue weighted by molar-refractivity contribution is -0.895. The predicted molar refractivity (Wildman–Crippen MR) is 109 cm³/mol. The van der Waals surface area contributed by atoms with Crippen molar-refractivity contribution >= 4 is 44.2 Å². The van der Waals surface area contributed by atoms with Crippen LogP contribution in [0.25, 0.3) is 0 Å². The molecule has 8 heteroatoms. The second kappa shape index (κ2) is 8.47. The van der Waals surface area contributed by atoms with Gasteiger partial charge in [-0.2, -0.15) is 4.31 Å². The lowest BCUT2D eigenvalue weighted by atomic mass is 10.3. The van der Waals surface area contributed by atoms with Crippen LogP contribution in [0, 0.1) is 3.57 Å². The summed E-state index contributed by atoms with van der Waals surface area (Å²) in [4.78, 5) is 13.6. The molecule has 1 amide bonds. The molecule has 0 unspecified atom stereocenters. The lowest BCUT2D eigenvalue weighted by Gasteiger charge is -2.31. The zero-order chi connectivity index (χ0) is 18.6. The molecule has 0 spiro atoms. The number of anilines is 1. The number of carbonyl (C=O) groups excluding carboxylic acids is 1. The van der Waals surface area contributed by atoms with Crippen LogP contribution in [0.2, 0.25) is 0 Å². The van der Waals surface area contributed by atoms with E-state index >= 15 is 0 Å². The number of carbonyl (C=O) groups is 1. The van der Waals surface area contributed by atoms with Gasteiger partial charge in [0.1, 0.15) is 0 Å². The van der Waals surface area contributed by atoms with Crippen LogP contribution >= 0.6 is 22.6 Å². The van der Waals surface area contributed by atoms with Gasteiger partial charge in [0.2, 0.25) is 10.0 Å². The summed E-state index contributed by atoms with van der Waals surface area (Å²) in [6, 6.07) is 16.1. The van der Waals surface area contributed by atoms with Crippen LogP contribution in [0.5, 0.6) is 0 Å². The molecular formula is C18H21IN3O3S+. The first-order valence-corrected chi connectivity index (χ1v) is 10.9. The molecule has 1 aliphatic heterocycles. The number of hydrogen-bond acceptors (Lipinski definition) is 3. The van der Waals surface area contributed by atoms with E-state index in [-0.39, 0.29) is 5.91 Å². The molecule has 2 aromatic carbocycles. The van der Waals surface area contributed by atoms with Crippen LogP contribution in [0.3, 0.4) is 0 Å². The minimum Gasteiger partial charge on any atom is -0.325 e. The van der Waals surface area contributed by atoms with Gasteiger partial charge >= 0.3 is 0 Å². The van der Waals surface area contributed by atoms with E-state index in [4.69, 9.17) is 0 Å². The molecule has 1 heterocycles. The number of quaternary nitrogens is 1. The highest BCUT2D eigenvalue weighted by molar-refractivity contribution is 14.1. The van der Waals surface area contributed by atoms with E-state index in [1.807, 2.05) is 24.3 Å². The fourth-order valence-electron chi connectivity index (χ4n) is 2.93. The van der Waals surface area contributed by atoms with Crippen LogP contribution in [0.4, 0.5) is 5.69 Å². The number of nitrogens with zero attached hydrogens (tertiary/aromatic N) is 1. The van der Waals surface area contributed by atoms with Crippen LogP contribution in [-0.4, -0.2) is 51.4 Å². The summed E-state index contributed by atoms with van der Waals surface area (Å²) in [5.74, 6) is -0.0550. The maximum absolute atomic E-state index is 12.6. The second-order valence-electron chi connectivity index (χ2n) is 6.20. The van der Waals surface area contributed by atoms with Gasteiger partial charge in [-0.3, -0.25) is 4.79 Å². The van der Waals surface area contributed by atoms with Crippen LogP contribution in [0.15, 0.2) is 59.5 Å². The number of piperazine rings is 1. The Balaban J connectivity index is 1.52. The molecule has 1 fully saturated rings. The maximum atomic E-state index is 12.6. The largest absolute Gasteiger partial charge is 0.325 e. The Bertz CT molecular complexity index is 849. The van der Waals surface area contributed by atoms with E-state index in [9.17, 15) is 13.2 Å². The van der Waals surface area contributed by atoms with Crippen molar-refractivity contribution in [3.8, 4) is 0 Å². The van der Waals surface area contributed by atoms with Crippen molar-refractivity contribution in [2.24, 2.45) is 0 Å². The zero-order valence-electron chi connectivity index (χ0n) is 14.2. The van der Waals surface area contributed by atoms with Gasteiger partial charge in [0, 0.05) is 9.26 Å². The third kappa shape index (κ3) is 4.81. The number of halogens is 1. The van der Waals surface area contributed by atoms with E-state index in [2.05, 4.69) is 27.9 Å². The van der Waals surface area contributed by atoms with E-state index in [1.165, 1.54) is 4.31 Å². The summed E-state index contributed by atoms with van der Waals surface area (Å²) in [6.45, 7) is 2.41. The Labute approximate surface area is 167 Å². The molecule has 0 radical (unpaired) electrons. The van der Waals surface area contributed by atoms with Gasteiger partial charge in [-0.15, -0.1) is 0 Å². The van der Waals surface area contributed by atoms with Crippen LogP contribution in [0.1, 0.15) is 0 Å². The monoisotopic (exact) mass is 486 g/mol. The summed E-state index contributed by atoms with van der Waals surface area (Å²) >= 11 is 2.22. The average Bonchev–Trinajstić information content (AvgIpc) is 2.65. The third-order valence-electron chi connectivity index (χ3n) is 4.35. The molecule has 0 aliphatic carbocycles. The molecule has 1 aliphatic rings. The fourth-order valence-corrected chi connectivity index (χ4v) is 4.75. The lowest BCUT2D eigenvalue weighted by Crippen LogP contribution is -3.15. The second-order valence-corrected chi connectivity index (χ2v) is 9.38. The predicted octanol–water partition coefficient (Wildman–Crippen LogP) is 0.819. The Morgan fingerprint density at radius 3 is 2.27 bits per heavy atom. The zero-order valence-corrected chi connectivity index (χ0v) is 17.2. The van der Waals surface area contributed by atoms with Crippen molar-refractivity contribution in [3.63, 3.8) is 0 Å². The number of sulfonamides is 1. The first-order chi connectivity index (χ1) is 12.4. The summed E-state index contributed by atoms with van der Waals surface area (Å²) in [7, 11) is -3.45. The van der Waals surface area contributed by atoms with Gasteiger partial charge in [-0.25, -0.2) is 8.42 Å². The van der Waals surface area contributed by atoms with Gasteiger partial charge < -0.3 is 10.2 Å². The topological polar surface area (TPSA) is 70.9 Å². The van der Waals surface area contributed by atoms with Gasteiger partial charge in [0.05, 0.1) is 31.1 Å². The molecule has 26 heavy (non-hydrogen) atoms. The summed E-state index contributed by atoms with van der Waals surface area (Å²) in [5, 5.41) is 2.89. The summed E-state index contributed by atoms with van der Waals surface area (Å²) < 4.78 is 27.9. The molecule has 0 aromatic heterocycles. The number of amides is 1. The minimum absolute atomic E-state index is 0.0550. The molecule has 1 saturated heterocycles. The molecule has 0 saturated carbocycles. The fraction of sp³-hybridized carbons (Fsp3) is 0.278. The number of benzene rings is 2. The molecule has 0 bridgehead atoms. The van der Waals surface area contributed by atoms with E-state index < -0.39 is 10.0 Å². The highest BCUT2D eigenvalue weighted by Gasteiger charge is 2.30. The van der Waals surface area contributed by atoms with Crippen LogP contribution in [-0.2, 0) is 14.8 Å². The molecule has 3 rings (SSSR count). The van der Waals surface area contributed by atoms with Crippen molar-refractivity contribution in [1.82, 2.24) is 4.31 Å². The molecule has 0 atom stereocenters. The smallest absolute Gasteiger partial charge is 0.279 e. The Morgan fingerprint density at radius 1 is 1.04 bits per heavy atom. The maximum Gasteiger partial charge on any atom is 0.279 e. The Hall–Kier alpha value is -1.49. The van der Waals surface area contributed by atoms with Gasteiger partial charge in [0.25, 0.3) is 5.91 Å². The first kappa shape index (κ1) is 19.3. The van der Waals surface area contributed by atoms with Crippen molar-refractivity contribution < 1.29 is 18.1 Å². The third-order valence-corrected chi connectivity index (χ3v) is 6.98. The first-order valence-electron chi connectivity index (χ1n) is 8.39. The molecular weight excluding hydrogens is 465 g/mol. The Kier molecular flexibility index (Phi) is 6.28. The van der Waals surface area contributed by atoms with Gasteiger partial charge in [-0.1, -0.05) is 18.2 Å².